The zero-order valence-corrected chi connectivity index (χ0v) is 16.6. The van der Waals surface area contributed by atoms with Gasteiger partial charge in [0.05, 0.1) is 32.4 Å². The van der Waals surface area contributed by atoms with Crippen molar-refractivity contribution < 1.29 is 9.59 Å². The van der Waals surface area contributed by atoms with Gasteiger partial charge in [0.2, 0.25) is 5.78 Å². The van der Waals surface area contributed by atoms with Crippen molar-refractivity contribution in [3.8, 4) is 0 Å². The van der Waals surface area contributed by atoms with Gasteiger partial charge in [0.25, 0.3) is 5.91 Å². The number of nitrogen functional groups attached to an aromatic ring is 1. The van der Waals surface area contributed by atoms with E-state index in [0.29, 0.717) is 26.1 Å². The van der Waals surface area contributed by atoms with Gasteiger partial charge in [-0.2, -0.15) is 0 Å². The number of halogens is 2. The highest BCUT2D eigenvalue weighted by molar-refractivity contribution is 7.12. The largest absolute Gasteiger partial charge is 0.396 e. The van der Waals surface area contributed by atoms with E-state index in [1.165, 1.54) is 17.4 Å². The predicted molar refractivity (Wildman–Crippen MR) is 114 cm³/mol. The van der Waals surface area contributed by atoms with Crippen LogP contribution in [0.1, 0.15) is 25.7 Å². The Labute approximate surface area is 174 Å². The van der Waals surface area contributed by atoms with Gasteiger partial charge in [0, 0.05) is 11.2 Å². The Bertz CT molecular complexity index is 1220. The second-order valence-electron chi connectivity index (χ2n) is 5.98. The van der Waals surface area contributed by atoms with E-state index in [-0.39, 0.29) is 22.7 Å². The molecule has 0 aliphatic rings. The number of nitrogens with one attached hydrogen (secondary N) is 1. The Balaban J connectivity index is 1.82. The molecule has 4 rings (SSSR count). The first kappa shape index (κ1) is 18.6. The third kappa shape index (κ3) is 3.16. The van der Waals surface area contributed by atoms with Crippen molar-refractivity contribution in [1.29, 1.82) is 0 Å². The summed E-state index contributed by atoms with van der Waals surface area (Å²) in [6.07, 6.45) is 1.71. The van der Waals surface area contributed by atoms with Crippen LogP contribution in [-0.4, -0.2) is 16.1 Å². The van der Waals surface area contributed by atoms with Crippen molar-refractivity contribution in [2.75, 3.05) is 11.1 Å². The quantitative estimate of drug-likeness (QED) is 0.427. The Morgan fingerprint density at radius 1 is 1.07 bits per heavy atom. The topological polar surface area (TPSA) is 76.6 Å². The molecule has 1 amide bonds. The van der Waals surface area contributed by atoms with E-state index in [2.05, 4.69) is 5.32 Å². The molecule has 0 saturated heterocycles. The van der Waals surface area contributed by atoms with Crippen LogP contribution in [0, 0.1) is 0 Å². The molecule has 3 heterocycles. The van der Waals surface area contributed by atoms with Gasteiger partial charge < -0.3 is 15.5 Å². The van der Waals surface area contributed by atoms with Gasteiger partial charge in [0.15, 0.2) is 0 Å². The van der Waals surface area contributed by atoms with Crippen LogP contribution in [0.4, 0.5) is 11.4 Å². The number of thiophene rings is 1. The second kappa shape index (κ2) is 7.31. The number of hydrogen-bond acceptors (Lipinski definition) is 4. The number of carbonyl (C=O) groups excluding carboxylic acids is 2. The molecule has 0 radical (unpaired) electrons. The molecule has 3 N–H and O–H groups in total. The Morgan fingerprint density at radius 3 is 2.61 bits per heavy atom. The first-order valence-electron chi connectivity index (χ1n) is 8.20. The maximum atomic E-state index is 13.0. The Hall–Kier alpha value is -2.80. The minimum Gasteiger partial charge on any atom is -0.396 e. The molecule has 3 aromatic heterocycles. The SMILES string of the molecule is Nc1c(C(=O)Nc2ccc(Cl)cc2Cl)c2ccccn2c1C(=O)c1cccs1. The third-order valence-electron chi connectivity index (χ3n) is 4.25. The maximum Gasteiger partial charge on any atom is 0.260 e. The van der Waals surface area contributed by atoms with Crippen molar-refractivity contribution in [2.24, 2.45) is 0 Å². The summed E-state index contributed by atoms with van der Waals surface area (Å²) >= 11 is 13.4. The summed E-state index contributed by atoms with van der Waals surface area (Å²) in [5.41, 5.74) is 7.80. The summed E-state index contributed by atoms with van der Waals surface area (Å²) in [5.74, 6) is -0.701. The van der Waals surface area contributed by atoms with Crippen LogP contribution in [0.5, 0.6) is 0 Å². The molecule has 0 unspecified atom stereocenters. The highest BCUT2D eigenvalue weighted by Crippen LogP contribution is 2.31. The van der Waals surface area contributed by atoms with Gasteiger partial charge >= 0.3 is 0 Å². The molecule has 0 aliphatic heterocycles. The van der Waals surface area contributed by atoms with E-state index in [0.717, 1.165) is 0 Å². The molecule has 0 spiro atoms. The molecule has 5 nitrogen and oxygen atoms in total. The minimum atomic E-state index is -0.462. The lowest BCUT2D eigenvalue weighted by molar-refractivity contribution is 0.102. The fourth-order valence-electron chi connectivity index (χ4n) is 3.00. The summed E-state index contributed by atoms with van der Waals surface area (Å²) < 4.78 is 1.63. The second-order valence-corrected chi connectivity index (χ2v) is 7.77. The lowest BCUT2D eigenvalue weighted by Crippen LogP contribution is -2.14. The zero-order chi connectivity index (χ0) is 19.8. The van der Waals surface area contributed by atoms with Gasteiger partial charge in [-0.3, -0.25) is 9.59 Å². The van der Waals surface area contributed by atoms with Crippen LogP contribution in [-0.2, 0) is 0 Å². The number of fused-ring (bicyclic) bond motifs is 1. The van der Waals surface area contributed by atoms with Crippen molar-refractivity contribution in [2.45, 2.75) is 0 Å². The molecule has 0 fully saturated rings. The number of hydrogen-bond donors (Lipinski definition) is 2. The lowest BCUT2D eigenvalue weighted by atomic mass is 10.1. The van der Waals surface area contributed by atoms with Gasteiger partial charge in [-0.25, -0.2) is 0 Å². The Morgan fingerprint density at radius 2 is 1.89 bits per heavy atom. The van der Waals surface area contributed by atoms with Gasteiger partial charge in [0.1, 0.15) is 5.69 Å². The van der Waals surface area contributed by atoms with Crippen LogP contribution in [0.25, 0.3) is 5.52 Å². The van der Waals surface area contributed by atoms with Crippen molar-refractivity contribution in [1.82, 2.24) is 4.40 Å². The average molecular weight is 430 g/mol. The van der Waals surface area contributed by atoms with E-state index in [1.54, 1.807) is 53.1 Å². The molecule has 0 bridgehead atoms. The summed E-state index contributed by atoms with van der Waals surface area (Å²) in [6.45, 7) is 0. The number of rotatable bonds is 4. The molecular weight excluding hydrogens is 417 g/mol. The van der Waals surface area contributed by atoms with Crippen molar-refractivity contribution >= 4 is 63.1 Å². The number of nitrogens with zero attached hydrogens (tertiary/aromatic N) is 1. The molecule has 28 heavy (non-hydrogen) atoms. The lowest BCUT2D eigenvalue weighted by Gasteiger charge is -2.08. The van der Waals surface area contributed by atoms with E-state index >= 15 is 0 Å². The number of carbonyl (C=O) groups is 2. The molecule has 1 aromatic carbocycles. The monoisotopic (exact) mass is 429 g/mol. The summed E-state index contributed by atoms with van der Waals surface area (Å²) in [4.78, 5) is 26.5. The maximum absolute atomic E-state index is 13.0. The zero-order valence-electron chi connectivity index (χ0n) is 14.3. The number of amides is 1. The first-order chi connectivity index (χ1) is 13.5. The van der Waals surface area contributed by atoms with Crippen LogP contribution in [0.15, 0.2) is 60.1 Å². The highest BCUT2D eigenvalue weighted by Gasteiger charge is 2.26. The third-order valence-corrected chi connectivity index (χ3v) is 5.66. The molecule has 0 atom stereocenters. The fourth-order valence-corrected chi connectivity index (χ4v) is 4.12. The molecular formula is C20H13Cl2N3O2S. The molecule has 0 aliphatic carbocycles. The highest BCUT2D eigenvalue weighted by atomic mass is 35.5. The van der Waals surface area contributed by atoms with Gasteiger partial charge in [-0.15, -0.1) is 11.3 Å². The van der Waals surface area contributed by atoms with E-state index in [9.17, 15) is 9.59 Å². The fraction of sp³-hybridized carbons (Fsp3) is 0. The van der Waals surface area contributed by atoms with Gasteiger partial charge in [-0.05, 0) is 41.8 Å². The average Bonchev–Trinajstić information content (AvgIpc) is 3.29. The van der Waals surface area contributed by atoms with E-state index in [4.69, 9.17) is 28.9 Å². The van der Waals surface area contributed by atoms with E-state index < -0.39 is 5.91 Å². The summed E-state index contributed by atoms with van der Waals surface area (Å²) in [5, 5.41) is 5.32. The first-order valence-corrected chi connectivity index (χ1v) is 9.84. The van der Waals surface area contributed by atoms with Crippen LogP contribution in [0.3, 0.4) is 0 Å². The smallest absolute Gasteiger partial charge is 0.260 e. The minimum absolute atomic E-state index is 0.118. The van der Waals surface area contributed by atoms with Crippen LogP contribution in [0.2, 0.25) is 10.0 Å². The number of benzene rings is 1. The van der Waals surface area contributed by atoms with Crippen LogP contribution >= 0.6 is 34.5 Å². The summed E-state index contributed by atoms with van der Waals surface area (Å²) in [7, 11) is 0. The van der Waals surface area contributed by atoms with Crippen molar-refractivity contribution in [3.63, 3.8) is 0 Å². The number of pyridine rings is 1. The predicted octanol–water partition coefficient (Wildman–Crippen LogP) is 5.37. The molecule has 140 valence electrons. The van der Waals surface area contributed by atoms with Crippen LogP contribution < -0.4 is 11.1 Å². The number of nitrogens with two attached hydrogens (primary N) is 1. The van der Waals surface area contributed by atoms with Crippen molar-refractivity contribution in [3.05, 3.63) is 86.3 Å². The molecule has 8 heteroatoms. The number of aromatic nitrogens is 1. The number of ketones is 1. The normalized spacial score (nSPS) is 10.9. The molecule has 4 aromatic rings. The van der Waals surface area contributed by atoms with Gasteiger partial charge in [-0.1, -0.05) is 35.3 Å². The van der Waals surface area contributed by atoms with E-state index in [1.807, 2.05) is 5.38 Å². The standard InChI is InChI=1S/C20H13Cl2N3O2S/c21-11-6-7-13(12(22)10-11)24-20(27)16-14-4-1-2-8-25(14)18(17(16)23)19(26)15-5-3-9-28-15/h1-10H,23H2,(H,24,27). The number of anilines is 2. The molecule has 0 saturated carbocycles. The Kier molecular flexibility index (Phi) is 4.85. The summed E-state index contributed by atoms with van der Waals surface area (Å²) in [6, 6.07) is 13.6.